The molecule has 1 aliphatic rings. The Morgan fingerprint density at radius 1 is 1.30 bits per heavy atom. The summed E-state index contributed by atoms with van der Waals surface area (Å²) in [6.07, 6.45) is 1.90. The van der Waals surface area contributed by atoms with Gasteiger partial charge < -0.3 is 15.0 Å². The first-order valence-electron chi connectivity index (χ1n) is 8.55. The number of piperidine rings is 1. The normalized spacial score (nSPS) is 20.2. The van der Waals surface area contributed by atoms with Crippen molar-refractivity contribution in [1.29, 1.82) is 0 Å². The molecule has 1 N–H and O–H groups in total. The van der Waals surface area contributed by atoms with Crippen LogP contribution in [0.2, 0.25) is 0 Å². The van der Waals surface area contributed by atoms with Gasteiger partial charge >= 0.3 is 6.09 Å². The SMILES string of the molecule is Cc1ccc([C@H](C)NC2CCCN(C(=O)OC(C)(C)C)C2)cc1. The van der Waals surface area contributed by atoms with E-state index in [1.54, 1.807) is 0 Å². The molecule has 23 heavy (non-hydrogen) atoms. The van der Waals surface area contributed by atoms with Crippen molar-refractivity contribution in [2.75, 3.05) is 13.1 Å². The van der Waals surface area contributed by atoms with Crippen LogP contribution in [0.1, 0.15) is 57.7 Å². The Bertz CT molecular complexity index is 519. The zero-order valence-electron chi connectivity index (χ0n) is 15.1. The first kappa shape index (κ1) is 17.8. The molecule has 4 heteroatoms. The van der Waals surface area contributed by atoms with E-state index in [1.807, 2.05) is 25.7 Å². The third-order valence-corrected chi connectivity index (χ3v) is 4.14. The minimum atomic E-state index is -0.438. The van der Waals surface area contributed by atoms with Crippen LogP contribution in [0.5, 0.6) is 0 Å². The van der Waals surface area contributed by atoms with Crippen molar-refractivity contribution in [3.63, 3.8) is 0 Å². The zero-order chi connectivity index (χ0) is 17.0. The van der Waals surface area contributed by atoms with E-state index in [0.29, 0.717) is 12.6 Å². The van der Waals surface area contributed by atoms with Gasteiger partial charge in [-0.15, -0.1) is 0 Å². The van der Waals surface area contributed by atoms with Crippen LogP contribution in [0.25, 0.3) is 0 Å². The van der Waals surface area contributed by atoms with Gasteiger partial charge in [0.05, 0.1) is 0 Å². The summed E-state index contributed by atoms with van der Waals surface area (Å²) in [7, 11) is 0. The predicted octanol–water partition coefficient (Wildman–Crippen LogP) is 4.05. The molecule has 2 atom stereocenters. The van der Waals surface area contributed by atoms with Gasteiger partial charge in [-0.1, -0.05) is 29.8 Å². The van der Waals surface area contributed by atoms with Crippen LogP contribution in [0.4, 0.5) is 4.79 Å². The number of likely N-dealkylation sites (tertiary alicyclic amines) is 1. The molecule has 2 rings (SSSR count). The Morgan fingerprint density at radius 3 is 2.57 bits per heavy atom. The van der Waals surface area contributed by atoms with Gasteiger partial charge in [-0.2, -0.15) is 0 Å². The molecule has 1 aromatic rings. The van der Waals surface area contributed by atoms with Crippen LogP contribution < -0.4 is 5.32 Å². The lowest BCUT2D eigenvalue weighted by Crippen LogP contribution is -2.49. The van der Waals surface area contributed by atoms with Crippen LogP contribution >= 0.6 is 0 Å². The third kappa shape index (κ3) is 5.54. The zero-order valence-corrected chi connectivity index (χ0v) is 15.1. The molecular weight excluding hydrogens is 288 g/mol. The summed E-state index contributed by atoms with van der Waals surface area (Å²) in [5.41, 5.74) is 2.12. The van der Waals surface area contributed by atoms with E-state index in [4.69, 9.17) is 4.74 Å². The van der Waals surface area contributed by atoms with Crippen molar-refractivity contribution < 1.29 is 9.53 Å². The van der Waals surface area contributed by atoms with Gasteiger partial charge in [-0.25, -0.2) is 4.79 Å². The summed E-state index contributed by atoms with van der Waals surface area (Å²) >= 11 is 0. The second-order valence-corrected chi connectivity index (χ2v) is 7.56. The molecule has 1 aromatic carbocycles. The highest BCUT2D eigenvalue weighted by Crippen LogP contribution is 2.19. The number of carbonyl (C=O) groups is 1. The molecule has 1 amide bonds. The molecule has 0 spiro atoms. The van der Waals surface area contributed by atoms with Crippen LogP contribution in [-0.4, -0.2) is 35.7 Å². The van der Waals surface area contributed by atoms with Gasteiger partial charge in [0.1, 0.15) is 5.60 Å². The van der Waals surface area contributed by atoms with Gasteiger partial charge in [0, 0.05) is 25.2 Å². The number of aryl methyl sites for hydroxylation is 1. The molecule has 0 saturated carbocycles. The first-order chi connectivity index (χ1) is 10.7. The van der Waals surface area contributed by atoms with Crippen molar-refractivity contribution in [2.45, 2.75) is 65.1 Å². The minimum absolute atomic E-state index is 0.202. The molecule has 1 heterocycles. The Morgan fingerprint density at radius 2 is 1.96 bits per heavy atom. The standard InChI is InChI=1S/C19H30N2O2/c1-14-8-10-16(11-9-14)15(2)20-17-7-6-12-21(13-17)18(22)23-19(3,4)5/h8-11,15,17,20H,6-7,12-13H2,1-5H3/t15-,17?/m0/s1. The average Bonchev–Trinajstić information content (AvgIpc) is 2.46. The molecule has 1 saturated heterocycles. The van der Waals surface area contributed by atoms with E-state index in [2.05, 4.69) is 43.4 Å². The molecule has 0 aromatic heterocycles. The predicted molar refractivity (Wildman–Crippen MR) is 93.6 cm³/mol. The number of hydrogen-bond acceptors (Lipinski definition) is 3. The van der Waals surface area contributed by atoms with Gasteiger partial charge in [-0.3, -0.25) is 0 Å². The topological polar surface area (TPSA) is 41.6 Å². The molecule has 4 nitrogen and oxygen atoms in total. The van der Waals surface area contributed by atoms with E-state index in [-0.39, 0.29) is 12.1 Å². The highest BCUT2D eigenvalue weighted by Gasteiger charge is 2.28. The van der Waals surface area contributed by atoms with E-state index in [1.165, 1.54) is 11.1 Å². The number of ether oxygens (including phenoxy) is 1. The maximum Gasteiger partial charge on any atom is 0.410 e. The second kappa shape index (κ2) is 7.35. The summed E-state index contributed by atoms with van der Waals surface area (Å²) < 4.78 is 5.49. The molecule has 0 bridgehead atoms. The highest BCUT2D eigenvalue weighted by atomic mass is 16.6. The number of amides is 1. The molecule has 1 unspecified atom stereocenters. The van der Waals surface area contributed by atoms with E-state index < -0.39 is 5.60 Å². The third-order valence-electron chi connectivity index (χ3n) is 4.14. The van der Waals surface area contributed by atoms with E-state index in [9.17, 15) is 4.79 Å². The fourth-order valence-electron chi connectivity index (χ4n) is 2.91. The molecule has 0 radical (unpaired) electrons. The number of carbonyl (C=O) groups excluding carboxylic acids is 1. The monoisotopic (exact) mass is 318 g/mol. The second-order valence-electron chi connectivity index (χ2n) is 7.56. The fraction of sp³-hybridized carbons (Fsp3) is 0.632. The van der Waals surface area contributed by atoms with E-state index in [0.717, 1.165) is 19.4 Å². The van der Waals surface area contributed by atoms with Gasteiger partial charge in [0.25, 0.3) is 0 Å². The van der Waals surface area contributed by atoms with Crippen molar-refractivity contribution in [1.82, 2.24) is 10.2 Å². The Balaban J connectivity index is 1.90. The lowest BCUT2D eigenvalue weighted by molar-refractivity contribution is 0.0184. The number of hydrogen-bond donors (Lipinski definition) is 1. The summed E-state index contributed by atoms with van der Waals surface area (Å²) in [6, 6.07) is 9.21. The first-order valence-corrected chi connectivity index (χ1v) is 8.55. The van der Waals surface area contributed by atoms with Gasteiger partial charge in [-0.05, 0) is 53.0 Å². The summed E-state index contributed by atoms with van der Waals surface area (Å²) in [6.45, 7) is 11.5. The fourth-order valence-corrected chi connectivity index (χ4v) is 2.91. The quantitative estimate of drug-likeness (QED) is 0.914. The maximum atomic E-state index is 12.2. The number of nitrogens with one attached hydrogen (secondary N) is 1. The van der Waals surface area contributed by atoms with E-state index >= 15 is 0 Å². The largest absolute Gasteiger partial charge is 0.444 e. The number of rotatable bonds is 3. The molecule has 1 fully saturated rings. The molecular formula is C19H30N2O2. The molecule has 128 valence electrons. The van der Waals surface area contributed by atoms with Crippen LogP contribution in [-0.2, 0) is 4.74 Å². The summed E-state index contributed by atoms with van der Waals surface area (Å²) in [5.74, 6) is 0. The average molecular weight is 318 g/mol. The van der Waals surface area contributed by atoms with Crippen molar-refractivity contribution in [2.24, 2.45) is 0 Å². The smallest absolute Gasteiger partial charge is 0.410 e. The van der Waals surface area contributed by atoms with Crippen LogP contribution in [0.15, 0.2) is 24.3 Å². The Kier molecular flexibility index (Phi) is 5.69. The lowest BCUT2D eigenvalue weighted by Gasteiger charge is -2.35. The molecule has 1 aliphatic heterocycles. The Labute approximate surface area is 140 Å². The van der Waals surface area contributed by atoms with Crippen LogP contribution in [0.3, 0.4) is 0 Å². The van der Waals surface area contributed by atoms with Crippen molar-refractivity contribution in [3.8, 4) is 0 Å². The highest BCUT2D eigenvalue weighted by molar-refractivity contribution is 5.68. The van der Waals surface area contributed by atoms with Gasteiger partial charge in [0.2, 0.25) is 0 Å². The van der Waals surface area contributed by atoms with Crippen molar-refractivity contribution >= 4 is 6.09 Å². The number of benzene rings is 1. The molecule has 0 aliphatic carbocycles. The summed E-state index contributed by atoms with van der Waals surface area (Å²) in [5, 5.41) is 3.65. The number of nitrogens with zero attached hydrogens (tertiary/aromatic N) is 1. The maximum absolute atomic E-state index is 12.2. The van der Waals surface area contributed by atoms with Gasteiger partial charge in [0.15, 0.2) is 0 Å². The Hall–Kier alpha value is -1.55. The lowest BCUT2D eigenvalue weighted by atomic mass is 10.0. The minimum Gasteiger partial charge on any atom is -0.444 e. The van der Waals surface area contributed by atoms with Crippen LogP contribution in [0, 0.1) is 6.92 Å². The summed E-state index contributed by atoms with van der Waals surface area (Å²) in [4.78, 5) is 14.1. The van der Waals surface area contributed by atoms with Crippen molar-refractivity contribution in [3.05, 3.63) is 35.4 Å².